The van der Waals surface area contributed by atoms with E-state index in [1.165, 1.54) is 5.57 Å². The Hall–Kier alpha value is -1.91. The van der Waals surface area contributed by atoms with Crippen molar-refractivity contribution in [2.75, 3.05) is 18.5 Å². The number of nitrogens with zero attached hydrogens (tertiary/aromatic N) is 4. The van der Waals surface area contributed by atoms with Crippen LogP contribution in [-0.4, -0.2) is 35.4 Å². The van der Waals surface area contributed by atoms with Gasteiger partial charge in [-0.2, -0.15) is 0 Å². The van der Waals surface area contributed by atoms with Crippen LogP contribution in [0.3, 0.4) is 0 Å². The lowest BCUT2D eigenvalue weighted by Gasteiger charge is -2.42. The Bertz CT molecular complexity index is 533. The van der Waals surface area contributed by atoms with Crippen molar-refractivity contribution in [1.29, 1.82) is 0 Å². The van der Waals surface area contributed by atoms with E-state index in [1.807, 2.05) is 13.8 Å². The van der Waals surface area contributed by atoms with Crippen LogP contribution in [0.2, 0.25) is 0 Å². The fourth-order valence-electron chi connectivity index (χ4n) is 2.38. The Morgan fingerprint density at radius 3 is 2.79 bits per heavy atom. The molecule has 1 aliphatic rings. The van der Waals surface area contributed by atoms with E-state index in [9.17, 15) is 0 Å². The number of rotatable bonds is 3. The zero-order valence-electron chi connectivity index (χ0n) is 12.0. The first-order valence-corrected chi connectivity index (χ1v) is 6.53. The van der Waals surface area contributed by atoms with Crippen molar-refractivity contribution in [3.63, 3.8) is 0 Å². The zero-order chi connectivity index (χ0) is 14.0. The molecule has 2 rings (SSSR count). The zero-order valence-corrected chi connectivity index (χ0v) is 12.0. The highest BCUT2D eigenvalue weighted by Crippen LogP contribution is 2.32. The molecule has 1 aromatic rings. The lowest BCUT2D eigenvalue weighted by atomic mass is 9.98. The molecule has 0 bridgehead atoms. The lowest BCUT2D eigenvalue weighted by molar-refractivity contribution is 0.535. The van der Waals surface area contributed by atoms with Crippen molar-refractivity contribution in [1.82, 2.24) is 9.97 Å². The second-order valence-corrected chi connectivity index (χ2v) is 4.78. The van der Waals surface area contributed by atoms with Crippen molar-refractivity contribution in [3.8, 4) is 0 Å². The van der Waals surface area contributed by atoms with Crippen LogP contribution >= 0.6 is 0 Å². The Morgan fingerprint density at radius 2 is 2.26 bits per heavy atom. The average Bonchev–Trinajstić information content (AvgIpc) is 2.36. The van der Waals surface area contributed by atoms with Gasteiger partial charge in [0.2, 0.25) is 0 Å². The van der Waals surface area contributed by atoms with Crippen LogP contribution in [-0.2, 0) is 0 Å². The molecule has 102 valence electrons. The summed E-state index contributed by atoms with van der Waals surface area (Å²) >= 11 is 0. The molecule has 2 heterocycles. The van der Waals surface area contributed by atoms with E-state index in [4.69, 9.17) is 5.73 Å². The van der Waals surface area contributed by atoms with Gasteiger partial charge in [-0.25, -0.2) is 9.97 Å². The van der Waals surface area contributed by atoms with Crippen molar-refractivity contribution >= 4 is 17.2 Å². The molecule has 0 amide bonds. The molecule has 1 aromatic heterocycles. The number of aliphatic imine (C=N–C) groups is 1. The van der Waals surface area contributed by atoms with Gasteiger partial charge in [-0.3, -0.25) is 4.99 Å². The molecule has 5 heteroatoms. The van der Waals surface area contributed by atoms with Crippen LogP contribution in [0.5, 0.6) is 0 Å². The van der Waals surface area contributed by atoms with Crippen LogP contribution in [0.25, 0.3) is 5.57 Å². The second-order valence-electron chi connectivity index (χ2n) is 4.78. The molecule has 1 saturated heterocycles. The number of allylic oxidation sites excluding steroid dienone is 2. The third kappa shape index (κ3) is 2.32. The predicted octanol–water partition coefficient (Wildman–Crippen LogP) is 1.77. The van der Waals surface area contributed by atoms with E-state index < -0.39 is 0 Å². The van der Waals surface area contributed by atoms with Crippen molar-refractivity contribution < 1.29 is 0 Å². The first-order valence-electron chi connectivity index (χ1n) is 6.53. The summed E-state index contributed by atoms with van der Waals surface area (Å²) < 4.78 is 0. The minimum atomic E-state index is 0.169. The lowest BCUT2D eigenvalue weighted by Crippen LogP contribution is -2.55. The molecular formula is C14H21N5. The summed E-state index contributed by atoms with van der Waals surface area (Å²) in [5.74, 6) is 1.64. The molecule has 0 radical (unpaired) electrons. The summed E-state index contributed by atoms with van der Waals surface area (Å²) in [5, 5.41) is 0. The van der Waals surface area contributed by atoms with E-state index in [-0.39, 0.29) is 6.04 Å². The smallest absolute Gasteiger partial charge is 0.140 e. The van der Waals surface area contributed by atoms with Crippen LogP contribution < -0.4 is 10.6 Å². The van der Waals surface area contributed by atoms with E-state index in [0.29, 0.717) is 5.84 Å². The molecule has 0 spiro atoms. The van der Waals surface area contributed by atoms with Gasteiger partial charge in [0.1, 0.15) is 18.0 Å². The maximum Gasteiger partial charge on any atom is 0.140 e. The fourth-order valence-corrected chi connectivity index (χ4v) is 2.38. The van der Waals surface area contributed by atoms with E-state index >= 15 is 0 Å². The highest BCUT2D eigenvalue weighted by atomic mass is 15.3. The second kappa shape index (κ2) is 5.38. The number of amidine groups is 1. The molecule has 1 fully saturated rings. The van der Waals surface area contributed by atoms with Gasteiger partial charge in [0.25, 0.3) is 0 Å². The summed E-state index contributed by atoms with van der Waals surface area (Å²) in [5.41, 5.74) is 9.25. The molecular weight excluding hydrogens is 238 g/mol. The molecule has 0 aromatic carbocycles. The van der Waals surface area contributed by atoms with E-state index in [1.54, 1.807) is 13.4 Å². The number of hydrogen-bond acceptors (Lipinski definition) is 4. The molecule has 5 nitrogen and oxygen atoms in total. The number of hydrogen-bond donors (Lipinski definition) is 1. The Balaban J connectivity index is 2.44. The monoisotopic (exact) mass is 259 g/mol. The van der Waals surface area contributed by atoms with Gasteiger partial charge in [0.05, 0.1) is 11.7 Å². The molecule has 1 atom stereocenters. The maximum absolute atomic E-state index is 5.95. The standard InChI is InChI=1S/C14H21N5/c1-5-9(2)12-10(3)17-8-18-14(12)19-7-6-11(19)13(15)16-4/h5,8,11H,6-7H2,1-4H3,(H2,15,16). The van der Waals surface area contributed by atoms with Crippen LogP contribution in [0.4, 0.5) is 5.82 Å². The van der Waals surface area contributed by atoms with Gasteiger partial charge in [0, 0.05) is 19.2 Å². The van der Waals surface area contributed by atoms with Crippen LogP contribution in [0, 0.1) is 6.92 Å². The summed E-state index contributed by atoms with van der Waals surface area (Å²) in [6.45, 7) is 7.09. The van der Waals surface area contributed by atoms with Crippen molar-refractivity contribution in [2.45, 2.75) is 33.2 Å². The average molecular weight is 259 g/mol. The van der Waals surface area contributed by atoms with Crippen molar-refractivity contribution in [3.05, 3.63) is 23.7 Å². The number of aromatic nitrogens is 2. The Kier molecular flexibility index (Phi) is 3.83. The molecule has 1 unspecified atom stereocenters. The summed E-state index contributed by atoms with van der Waals surface area (Å²) in [6.07, 6.45) is 4.73. The Labute approximate surface area is 114 Å². The molecule has 0 saturated carbocycles. The number of aryl methyl sites for hydroxylation is 1. The SMILES string of the molecule is CC=C(C)c1c(C)ncnc1N1CCC1C(N)=NC. The first kappa shape index (κ1) is 13.5. The first-order chi connectivity index (χ1) is 9.10. The summed E-state index contributed by atoms with van der Waals surface area (Å²) in [7, 11) is 1.73. The maximum atomic E-state index is 5.95. The van der Waals surface area contributed by atoms with E-state index in [2.05, 4.69) is 32.9 Å². The van der Waals surface area contributed by atoms with Gasteiger partial charge in [-0.05, 0) is 32.8 Å². The largest absolute Gasteiger partial charge is 0.386 e. The normalized spacial score (nSPS) is 20.4. The van der Waals surface area contributed by atoms with Crippen LogP contribution in [0.15, 0.2) is 17.4 Å². The topological polar surface area (TPSA) is 67.4 Å². The minimum absolute atomic E-state index is 0.169. The van der Waals surface area contributed by atoms with Gasteiger partial charge in [-0.15, -0.1) is 0 Å². The third-order valence-corrected chi connectivity index (χ3v) is 3.74. The highest BCUT2D eigenvalue weighted by Gasteiger charge is 2.33. The number of nitrogens with two attached hydrogens (primary N) is 1. The fraction of sp³-hybridized carbons (Fsp3) is 0.500. The van der Waals surface area contributed by atoms with Crippen molar-refractivity contribution in [2.24, 2.45) is 10.7 Å². The Morgan fingerprint density at radius 1 is 1.53 bits per heavy atom. The highest BCUT2D eigenvalue weighted by molar-refractivity contribution is 5.91. The summed E-state index contributed by atoms with van der Waals surface area (Å²) in [4.78, 5) is 15.1. The van der Waals surface area contributed by atoms with Crippen LogP contribution in [0.1, 0.15) is 31.5 Å². The quantitative estimate of drug-likeness (QED) is 0.663. The predicted molar refractivity (Wildman–Crippen MR) is 79.4 cm³/mol. The number of anilines is 1. The third-order valence-electron chi connectivity index (χ3n) is 3.74. The molecule has 19 heavy (non-hydrogen) atoms. The molecule has 0 aliphatic carbocycles. The van der Waals surface area contributed by atoms with Gasteiger partial charge in [-0.1, -0.05) is 6.08 Å². The van der Waals surface area contributed by atoms with Gasteiger partial charge < -0.3 is 10.6 Å². The summed E-state index contributed by atoms with van der Waals surface area (Å²) in [6, 6.07) is 0.169. The van der Waals surface area contributed by atoms with E-state index in [0.717, 1.165) is 30.0 Å². The van der Waals surface area contributed by atoms with Gasteiger partial charge >= 0.3 is 0 Å². The minimum Gasteiger partial charge on any atom is -0.386 e. The van der Waals surface area contributed by atoms with Gasteiger partial charge in [0.15, 0.2) is 0 Å². The molecule has 1 aliphatic heterocycles. The molecule has 2 N–H and O–H groups in total.